The fraction of sp³-hybridized carbons (Fsp3) is 0.548. The highest BCUT2D eigenvalue weighted by atomic mass is 16.5. The molecule has 1 aromatic carbocycles. The lowest BCUT2D eigenvalue weighted by atomic mass is 10.0. The van der Waals surface area contributed by atoms with E-state index in [9.17, 15) is 4.79 Å². The number of aromatic nitrogens is 1. The van der Waals surface area contributed by atoms with Crippen LogP contribution in [-0.4, -0.2) is 36.5 Å². The highest BCUT2D eigenvalue weighted by Gasteiger charge is 2.12. The number of likely N-dealkylation sites (N-methyl/N-ethyl adjacent to an activating group) is 1. The highest BCUT2D eigenvalue weighted by Crippen LogP contribution is 2.29. The van der Waals surface area contributed by atoms with Crippen LogP contribution in [-0.2, 0) is 11.2 Å². The number of carbonyl (C=O) groups is 1. The molecule has 0 aliphatic heterocycles. The number of nitrogens with zero attached hydrogens (tertiary/aromatic N) is 2. The molecule has 0 unspecified atom stereocenters. The molecule has 190 valence electrons. The van der Waals surface area contributed by atoms with Gasteiger partial charge in [-0.1, -0.05) is 69.2 Å². The molecular formula is C31H44N2O2. The first-order chi connectivity index (χ1) is 17.1. The number of fused-ring (bicyclic) bond motifs is 1. The van der Waals surface area contributed by atoms with Crippen molar-refractivity contribution in [3.05, 3.63) is 48.3 Å². The molecule has 0 radical (unpaired) electrons. The molecule has 2 rings (SSSR count). The van der Waals surface area contributed by atoms with Crippen LogP contribution < -0.4 is 4.74 Å². The molecule has 1 aromatic heterocycles. The zero-order valence-electron chi connectivity index (χ0n) is 22.2. The van der Waals surface area contributed by atoms with Gasteiger partial charge in [-0.25, -0.2) is 0 Å². The van der Waals surface area contributed by atoms with Gasteiger partial charge in [0.05, 0.1) is 0 Å². The van der Waals surface area contributed by atoms with E-state index in [1.54, 1.807) is 0 Å². The number of carbonyl (C=O) groups excluding carboxylic acids is 1. The lowest BCUT2D eigenvalue weighted by Gasteiger charge is -2.13. The van der Waals surface area contributed by atoms with Gasteiger partial charge in [0.25, 0.3) is 0 Å². The van der Waals surface area contributed by atoms with Gasteiger partial charge in [0.2, 0.25) is 0 Å². The fourth-order valence-electron chi connectivity index (χ4n) is 4.01. The first kappa shape index (κ1) is 28.6. The maximum Gasteiger partial charge on any atom is 0.311 e. The van der Waals surface area contributed by atoms with Gasteiger partial charge in [-0.3, -0.25) is 9.78 Å². The average Bonchev–Trinajstić information content (AvgIpc) is 2.85. The Morgan fingerprint density at radius 1 is 1.00 bits per heavy atom. The molecule has 0 aliphatic carbocycles. The van der Waals surface area contributed by atoms with Crippen molar-refractivity contribution in [3.8, 4) is 17.6 Å². The van der Waals surface area contributed by atoms with Crippen LogP contribution in [0.4, 0.5) is 0 Å². The quantitative estimate of drug-likeness (QED) is 0.0827. The molecule has 0 atom stereocenters. The van der Waals surface area contributed by atoms with Crippen molar-refractivity contribution in [3.63, 3.8) is 0 Å². The predicted molar refractivity (Wildman–Crippen MR) is 148 cm³/mol. The Morgan fingerprint density at radius 2 is 1.83 bits per heavy atom. The predicted octanol–water partition coefficient (Wildman–Crippen LogP) is 7.51. The molecule has 0 N–H and O–H groups in total. The average molecular weight is 477 g/mol. The number of esters is 1. The van der Waals surface area contributed by atoms with Gasteiger partial charge in [0.1, 0.15) is 5.75 Å². The summed E-state index contributed by atoms with van der Waals surface area (Å²) in [6.07, 6.45) is 21.8. The molecule has 2 aromatic rings. The molecule has 4 nitrogen and oxygen atoms in total. The van der Waals surface area contributed by atoms with Gasteiger partial charge in [-0.2, -0.15) is 0 Å². The molecule has 0 saturated heterocycles. The van der Waals surface area contributed by atoms with E-state index in [2.05, 4.69) is 54.9 Å². The number of ether oxygens (including phenoxy) is 1. The van der Waals surface area contributed by atoms with E-state index in [-0.39, 0.29) is 5.97 Å². The molecule has 0 aliphatic rings. The summed E-state index contributed by atoms with van der Waals surface area (Å²) in [5.74, 6) is 6.98. The third-order valence-electron chi connectivity index (χ3n) is 6.04. The zero-order chi connectivity index (χ0) is 25.1. The number of hydrogen-bond acceptors (Lipinski definition) is 4. The van der Waals surface area contributed by atoms with Gasteiger partial charge >= 0.3 is 5.97 Å². The standard InChI is InChI=1S/C31H44N2O2/c1-4-5-6-7-8-9-10-11-12-13-14-15-16-17-18-22-30(34)35-29-21-19-20-27-25-32-26-28(31(27)29)23-24-33(2)3/h11-12,19-21,25-26H,4-7,10,13-18,22-24H2,1-3H3/b12-11-. The molecule has 4 heteroatoms. The van der Waals surface area contributed by atoms with Gasteiger partial charge in [-0.05, 0) is 57.8 Å². The third-order valence-corrected chi connectivity index (χ3v) is 6.04. The molecular weight excluding hydrogens is 432 g/mol. The largest absolute Gasteiger partial charge is 0.426 e. The second-order valence-corrected chi connectivity index (χ2v) is 9.47. The van der Waals surface area contributed by atoms with Crippen LogP contribution in [0.2, 0.25) is 0 Å². The monoisotopic (exact) mass is 476 g/mol. The minimum absolute atomic E-state index is 0.147. The van der Waals surface area contributed by atoms with Gasteiger partial charge in [0.15, 0.2) is 0 Å². The molecule has 0 bridgehead atoms. The van der Waals surface area contributed by atoms with Gasteiger partial charge in [0, 0.05) is 49.0 Å². The molecule has 1 heterocycles. The van der Waals surface area contributed by atoms with Crippen molar-refractivity contribution in [1.82, 2.24) is 9.88 Å². The molecule has 0 saturated carbocycles. The Hall–Kier alpha value is -2.64. The van der Waals surface area contributed by atoms with Crippen LogP contribution in [0, 0.1) is 11.8 Å². The van der Waals surface area contributed by atoms with Crippen LogP contribution in [0.1, 0.15) is 89.5 Å². The molecule has 0 fully saturated rings. The van der Waals surface area contributed by atoms with Crippen LogP contribution in [0.5, 0.6) is 5.75 Å². The Bertz CT molecular complexity index is 964. The van der Waals surface area contributed by atoms with Crippen LogP contribution >= 0.6 is 0 Å². The Balaban J connectivity index is 1.63. The number of pyridine rings is 1. The van der Waals surface area contributed by atoms with Crippen molar-refractivity contribution < 1.29 is 9.53 Å². The minimum Gasteiger partial charge on any atom is -0.426 e. The van der Waals surface area contributed by atoms with E-state index in [1.165, 1.54) is 32.1 Å². The second-order valence-electron chi connectivity index (χ2n) is 9.47. The van der Waals surface area contributed by atoms with Crippen molar-refractivity contribution in [2.75, 3.05) is 20.6 Å². The lowest BCUT2D eigenvalue weighted by molar-refractivity contribution is -0.134. The fourth-order valence-corrected chi connectivity index (χ4v) is 4.01. The van der Waals surface area contributed by atoms with E-state index < -0.39 is 0 Å². The first-order valence-corrected chi connectivity index (χ1v) is 13.4. The smallest absolute Gasteiger partial charge is 0.311 e. The summed E-state index contributed by atoms with van der Waals surface area (Å²) in [6, 6.07) is 5.85. The van der Waals surface area contributed by atoms with Crippen molar-refractivity contribution in [2.45, 2.75) is 90.4 Å². The zero-order valence-corrected chi connectivity index (χ0v) is 22.2. The van der Waals surface area contributed by atoms with Crippen molar-refractivity contribution in [1.29, 1.82) is 0 Å². The summed E-state index contributed by atoms with van der Waals surface area (Å²) in [6.45, 7) is 3.14. The number of rotatable bonds is 16. The summed E-state index contributed by atoms with van der Waals surface area (Å²) in [5, 5.41) is 2.02. The van der Waals surface area contributed by atoms with Gasteiger partial charge in [-0.15, -0.1) is 5.92 Å². The maximum absolute atomic E-state index is 12.5. The summed E-state index contributed by atoms with van der Waals surface area (Å²) in [7, 11) is 4.12. The first-order valence-electron chi connectivity index (χ1n) is 13.4. The lowest BCUT2D eigenvalue weighted by Crippen LogP contribution is -2.15. The van der Waals surface area contributed by atoms with Crippen molar-refractivity contribution >= 4 is 16.7 Å². The highest BCUT2D eigenvalue weighted by molar-refractivity contribution is 5.92. The summed E-state index contributed by atoms with van der Waals surface area (Å²) in [4.78, 5) is 19.0. The Kier molecular flexibility index (Phi) is 14.5. The van der Waals surface area contributed by atoms with E-state index in [0.29, 0.717) is 12.2 Å². The van der Waals surface area contributed by atoms with E-state index >= 15 is 0 Å². The van der Waals surface area contributed by atoms with Gasteiger partial charge < -0.3 is 9.64 Å². The number of unbranched alkanes of at least 4 members (excludes halogenated alkanes) is 8. The summed E-state index contributed by atoms with van der Waals surface area (Å²) in [5.41, 5.74) is 1.12. The Morgan fingerprint density at radius 3 is 2.66 bits per heavy atom. The van der Waals surface area contributed by atoms with E-state index in [0.717, 1.165) is 67.8 Å². The van der Waals surface area contributed by atoms with Crippen LogP contribution in [0.15, 0.2) is 42.7 Å². The number of hydrogen-bond donors (Lipinski definition) is 0. The summed E-state index contributed by atoms with van der Waals surface area (Å²) >= 11 is 0. The van der Waals surface area contributed by atoms with Crippen LogP contribution in [0.3, 0.4) is 0 Å². The van der Waals surface area contributed by atoms with E-state index in [4.69, 9.17) is 4.74 Å². The second kappa shape index (κ2) is 17.7. The normalized spacial score (nSPS) is 11.2. The molecule has 0 amide bonds. The minimum atomic E-state index is -0.147. The summed E-state index contributed by atoms with van der Waals surface area (Å²) < 4.78 is 5.79. The van der Waals surface area contributed by atoms with Crippen molar-refractivity contribution in [2.24, 2.45) is 0 Å². The van der Waals surface area contributed by atoms with Crippen LogP contribution in [0.25, 0.3) is 10.8 Å². The third kappa shape index (κ3) is 12.1. The number of benzene rings is 1. The topological polar surface area (TPSA) is 42.4 Å². The number of allylic oxidation sites excluding steroid dienone is 2. The maximum atomic E-state index is 12.5. The van der Waals surface area contributed by atoms with E-state index in [1.807, 2.05) is 30.6 Å². The Labute approximate surface area is 213 Å². The molecule has 35 heavy (non-hydrogen) atoms. The molecule has 0 spiro atoms. The SMILES string of the molecule is CCCCCC#CC/C=C\CCCCCCCC(=O)Oc1cccc2cncc(CCN(C)C)c12.